The van der Waals surface area contributed by atoms with Gasteiger partial charge in [-0.1, -0.05) is 11.2 Å². The Balaban J connectivity index is 1.73. The van der Waals surface area contributed by atoms with Gasteiger partial charge in [-0.25, -0.2) is 4.39 Å². The molecule has 0 aliphatic heterocycles. The molecule has 1 amide bonds. The molecular weight excluding hydrogens is 318 g/mol. The van der Waals surface area contributed by atoms with E-state index in [1.807, 2.05) is 0 Å². The summed E-state index contributed by atoms with van der Waals surface area (Å²) in [4.78, 5) is 14.6. The van der Waals surface area contributed by atoms with Gasteiger partial charge < -0.3 is 9.84 Å². The predicted octanol–water partition coefficient (Wildman–Crippen LogP) is 2.92. The van der Waals surface area contributed by atoms with Crippen molar-refractivity contribution in [1.82, 2.24) is 15.5 Å². The van der Waals surface area contributed by atoms with E-state index in [0.29, 0.717) is 5.56 Å². The molecule has 2 aromatic rings. The number of nitrogens with zero attached hydrogens (tertiary/aromatic N) is 2. The molecule has 122 valence electrons. The number of alkyl halides is 3. The molecule has 1 N–H and O–H groups in total. The van der Waals surface area contributed by atoms with Gasteiger partial charge in [0, 0.05) is 12.5 Å². The minimum absolute atomic E-state index is 0.0410. The number of nitrogens with one attached hydrogen (secondary N) is 1. The number of carbonyl (C=O) groups is 1. The Kier molecular flexibility index (Phi) is 3.78. The van der Waals surface area contributed by atoms with E-state index in [2.05, 4.69) is 20.0 Å². The van der Waals surface area contributed by atoms with Crippen molar-refractivity contribution < 1.29 is 26.9 Å². The number of carbonyl (C=O) groups excluding carboxylic acids is 1. The Hall–Kier alpha value is -2.45. The van der Waals surface area contributed by atoms with E-state index in [0.717, 1.165) is 18.9 Å². The Morgan fingerprint density at radius 2 is 2.09 bits per heavy atom. The van der Waals surface area contributed by atoms with Gasteiger partial charge in [0.25, 0.3) is 0 Å². The van der Waals surface area contributed by atoms with Gasteiger partial charge in [-0.15, -0.1) is 0 Å². The number of halogens is 4. The Morgan fingerprint density at radius 1 is 1.35 bits per heavy atom. The molecule has 1 aliphatic rings. The summed E-state index contributed by atoms with van der Waals surface area (Å²) in [6.07, 6.45) is -3.06. The van der Waals surface area contributed by atoms with E-state index in [9.17, 15) is 22.4 Å². The highest BCUT2D eigenvalue weighted by molar-refractivity contribution is 5.80. The van der Waals surface area contributed by atoms with E-state index in [-0.39, 0.29) is 23.9 Å². The SMILES string of the molecule is O=C(NCc1ccc(-c2noc(C(F)(F)F)n2)c(F)c1)C1CC1. The molecule has 1 fully saturated rings. The summed E-state index contributed by atoms with van der Waals surface area (Å²) in [6, 6.07) is 3.85. The molecule has 0 spiro atoms. The van der Waals surface area contributed by atoms with Crippen LogP contribution in [0.15, 0.2) is 22.7 Å². The molecule has 3 rings (SSSR count). The first-order chi connectivity index (χ1) is 10.8. The number of hydrogen-bond donors (Lipinski definition) is 1. The molecule has 1 aliphatic carbocycles. The van der Waals surface area contributed by atoms with Gasteiger partial charge >= 0.3 is 12.1 Å². The smallest absolute Gasteiger partial charge is 0.352 e. The van der Waals surface area contributed by atoms with Crippen LogP contribution in [0, 0.1) is 11.7 Å². The van der Waals surface area contributed by atoms with Crippen molar-refractivity contribution in [3.8, 4) is 11.4 Å². The van der Waals surface area contributed by atoms with Crippen LogP contribution in [0.5, 0.6) is 0 Å². The molecule has 1 aromatic heterocycles. The van der Waals surface area contributed by atoms with Crippen molar-refractivity contribution in [1.29, 1.82) is 0 Å². The molecule has 0 radical (unpaired) electrons. The summed E-state index contributed by atoms with van der Waals surface area (Å²) in [5.41, 5.74) is 0.279. The van der Waals surface area contributed by atoms with Crippen LogP contribution in [-0.4, -0.2) is 16.0 Å². The summed E-state index contributed by atoms with van der Waals surface area (Å²) in [5.74, 6) is -2.85. The van der Waals surface area contributed by atoms with Crippen molar-refractivity contribution in [2.24, 2.45) is 5.92 Å². The molecular formula is C14H11F4N3O2. The Morgan fingerprint density at radius 3 is 2.65 bits per heavy atom. The van der Waals surface area contributed by atoms with E-state index < -0.39 is 23.7 Å². The predicted molar refractivity (Wildman–Crippen MR) is 69.3 cm³/mol. The van der Waals surface area contributed by atoms with Crippen molar-refractivity contribution >= 4 is 5.91 Å². The maximum Gasteiger partial charge on any atom is 0.471 e. The first-order valence-electron chi connectivity index (χ1n) is 6.82. The first-order valence-corrected chi connectivity index (χ1v) is 6.82. The fourth-order valence-electron chi connectivity index (χ4n) is 1.98. The Labute approximate surface area is 127 Å². The summed E-state index contributed by atoms with van der Waals surface area (Å²) >= 11 is 0. The van der Waals surface area contributed by atoms with E-state index in [1.54, 1.807) is 0 Å². The number of benzene rings is 1. The highest BCUT2D eigenvalue weighted by Crippen LogP contribution is 2.30. The van der Waals surface area contributed by atoms with Gasteiger partial charge in [0.05, 0.1) is 5.56 Å². The van der Waals surface area contributed by atoms with Gasteiger partial charge in [-0.3, -0.25) is 4.79 Å². The molecule has 1 heterocycles. The van der Waals surface area contributed by atoms with E-state index in [4.69, 9.17) is 0 Å². The fraction of sp³-hybridized carbons (Fsp3) is 0.357. The third-order valence-corrected chi connectivity index (χ3v) is 3.36. The highest BCUT2D eigenvalue weighted by Gasteiger charge is 2.38. The van der Waals surface area contributed by atoms with Crippen LogP contribution in [0.2, 0.25) is 0 Å². The average molecular weight is 329 g/mol. The maximum atomic E-state index is 14.0. The van der Waals surface area contributed by atoms with Gasteiger partial charge in [-0.2, -0.15) is 18.2 Å². The second-order valence-corrected chi connectivity index (χ2v) is 5.23. The van der Waals surface area contributed by atoms with E-state index in [1.165, 1.54) is 12.1 Å². The van der Waals surface area contributed by atoms with E-state index >= 15 is 0 Å². The zero-order chi connectivity index (χ0) is 16.6. The average Bonchev–Trinajstić information content (AvgIpc) is 3.21. The number of aromatic nitrogens is 2. The number of rotatable bonds is 4. The van der Waals surface area contributed by atoms with Crippen LogP contribution in [0.3, 0.4) is 0 Å². The van der Waals surface area contributed by atoms with Crippen molar-refractivity contribution in [2.45, 2.75) is 25.6 Å². The maximum absolute atomic E-state index is 14.0. The molecule has 0 saturated heterocycles. The highest BCUT2D eigenvalue weighted by atomic mass is 19.4. The van der Waals surface area contributed by atoms with Crippen LogP contribution in [0.4, 0.5) is 17.6 Å². The molecule has 5 nitrogen and oxygen atoms in total. The zero-order valence-electron chi connectivity index (χ0n) is 11.7. The third-order valence-electron chi connectivity index (χ3n) is 3.36. The van der Waals surface area contributed by atoms with Gasteiger partial charge in [-0.05, 0) is 30.5 Å². The van der Waals surface area contributed by atoms with Crippen LogP contribution in [-0.2, 0) is 17.5 Å². The van der Waals surface area contributed by atoms with Gasteiger partial charge in [0.15, 0.2) is 0 Å². The van der Waals surface area contributed by atoms with Crippen molar-refractivity contribution in [3.63, 3.8) is 0 Å². The monoisotopic (exact) mass is 329 g/mol. The molecule has 0 unspecified atom stereocenters. The topological polar surface area (TPSA) is 68.0 Å². The summed E-state index contributed by atoms with van der Waals surface area (Å²) in [5, 5.41) is 5.80. The van der Waals surface area contributed by atoms with Crippen molar-refractivity contribution in [2.75, 3.05) is 0 Å². The molecule has 0 bridgehead atoms. The van der Waals surface area contributed by atoms with Crippen LogP contribution < -0.4 is 5.32 Å². The van der Waals surface area contributed by atoms with Crippen LogP contribution in [0.25, 0.3) is 11.4 Å². The second kappa shape index (κ2) is 5.64. The van der Waals surface area contributed by atoms with Gasteiger partial charge in [0.1, 0.15) is 5.82 Å². The summed E-state index contributed by atoms with van der Waals surface area (Å²) in [7, 11) is 0. The molecule has 23 heavy (non-hydrogen) atoms. The molecule has 1 saturated carbocycles. The standard InChI is InChI=1S/C14H11F4N3O2/c15-10-5-7(6-19-12(22)8-2-3-8)1-4-9(10)11-20-13(23-21-11)14(16,17)18/h1,4-5,8H,2-3,6H2,(H,19,22). The lowest BCUT2D eigenvalue weighted by Crippen LogP contribution is -2.24. The van der Waals surface area contributed by atoms with Crippen molar-refractivity contribution in [3.05, 3.63) is 35.5 Å². The van der Waals surface area contributed by atoms with Crippen LogP contribution >= 0.6 is 0 Å². The third kappa shape index (κ3) is 3.49. The quantitative estimate of drug-likeness (QED) is 0.876. The summed E-state index contributed by atoms with van der Waals surface area (Å²) < 4.78 is 55.3. The summed E-state index contributed by atoms with van der Waals surface area (Å²) in [6.45, 7) is 0.145. The Bertz CT molecular complexity index is 738. The first kappa shape index (κ1) is 15.4. The fourth-order valence-corrected chi connectivity index (χ4v) is 1.98. The lowest BCUT2D eigenvalue weighted by Gasteiger charge is -2.06. The number of hydrogen-bond acceptors (Lipinski definition) is 4. The minimum Gasteiger partial charge on any atom is -0.352 e. The lowest BCUT2D eigenvalue weighted by atomic mass is 10.1. The lowest BCUT2D eigenvalue weighted by molar-refractivity contribution is -0.159. The van der Waals surface area contributed by atoms with Gasteiger partial charge in [0.2, 0.25) is 11.7 Å². The molecule has 0 atom stereocenters. The number of amides is 1. The molecule has 1 aromatic carbocycles. The normalized spacial score (nSPS) is 14.8. The second-order valence-electron chi connectivity index (χ2n) is 5.23. The minimum atomic E-state index is -4.78. The van der Waals surface area contributed by atoms with Crippen LogP contribution in [0.1, 0.15) is 24.3 Å². The largest absolute Gasteiger partial charge is 0.471 e. The zero-order valence-corrected chi connectivity index (χ0v) is 11.7. The molecule has 9 heteroatoms.